The van der Waals surface area contributed by atoms with Gasteiger partial charge in [0.2, 0.25) is 0 Å². The highest BCUT2D eigenvalue weighted by Gasteiger charge is 2.27. The molecule has 1 heterocycles. The average Bonchev–Trinajstić information content (AvgIpc) is 2.78. The number of benzene rings is 1. The van der Waals surface area contributed by atoms with Crippen molar-refractivity contribution in [2.45, 2.75) is 12.5 Å². The Labute approximate surface area is 112 Å². The molecule has 1 aliphatic heterocycles. The van der Waals surface area contributed by atoms with E-state index >= 15 is 0 Å². The van der Waals surface area contributed by atoms with Crippen LogP contribution in [0.3, 0.4) is 0 Å². The summed E-state index contributed by atoms with van der Waals surface area (Å²) >= 11 is 7.04. The minimum Gasteiger partial charge on any atom is -0.381 e. The lowest BCUT2D eigenvalue weighted by Crippen LogP contribution is -2.34. The molecule has 0 spiro atoms. The molecule has 88 valence electrons. The Kier molecular flexibility index (Phi) is 4.38. The van der Waals surface area contributed by atoms with Crippen LogP contribution in [0.5, 0.6) is 0 Å². The third-order valence-corrected chi connectivity index (χ3v) is 4.12. The van der Waals surface area contributed by atoms with Gasteiger partial charge in [0.05, 0.1) is 12.6 Å². The van der Waals surface area contributed by atoms with Crippen LogP contribution in [0.1, 0.15) is 18.0 Å². The maximum absolute atomic E-state index is 5.66. The molecule has 0 bridgehead atoms. The Bertz CT molecular complexity index is 367. The fourth-order valence-corrected chi connectivity index (χ4v) is 2.92. The second kappa shape index (κ2) is 5.60. The van der Waals surface area contributed by atoms with Gasteiger partial charge in [-0.15, -0.1) is 0 Å². The van der Waals surface area contributed by atoms with E-state index in [1.165, 1.54) is 5.56 Å². The minimum atomic E-state index is 0.134. The topological polar surface area (TPSA) is 47.3 Å². The van der Waals surface area contributed by atoms with Crippen LogP contribution >= 0.6 is 31.9 Å². The Balaban J connectivity index is 2.28. The van der Waals surface area contributed by atoms with E-state index < -0.39 is 0 Å². The van der Waals surface area contributed by atoms with Crippen LogP contribution in [-0.4, -0.2) is 13.2 Å². The van der Waals surface area contributed by atoms with Crippen LogP contribution in [0.4, 0.5) is 0 Å². The van der Waals surface area contributed by atoms with Crippen LogP contribution in [0.15, 0.2) is 27.1 Å². The molecule has 0 amide bonds. The molecule has 0 saturated carbocycles. The lowest BCUT2D eigenvalue weighted by atomic mass is 9.93. The average molecular weight is 350 g/mol. The number of halogens is 2. The maximum atomic E-state index is 5.66. The minimum absolute atomic E-state index is 0.134. The second-order valence-electron chi connectivity index (χ2n) is 3.93. The van der Waals surface area contributed by atoms with Crippen LogP contribution < -0.4 is 11.3 Å². The number of hydrogen-bond acceptors (Lipinski definition) is 3. The molecular weight excluding hydrogens is 336 g/mol. The lowest BCUT2D eigenvalue weighted by Gasteiger charge is -2.23. The third kappa shape index (κ3) is 2.65. The number of hydrazine groups is 1. The normalized spacial score (nSPS) is 22.3. The Morgan fingerprint density at radius 1 is 1.44 bits per heavy atom. The lowest BCUT2D eigenvalue weighted by molar-refractivity contribution is 0.176. The summed E-state index contributed by atoms with van der Waals surface area (Å²) in [6.45, 7) is 1.60. The first-order valence-corrected chi connectivity index (χ1v) is 6.80. The highest BCUT2D eigenvalue weighted by Crippen LogP contribution is 2.34. The number of hydrogen-bond donors (Lipinski definition) is 2. The Morgan fingerprint density at radius 2 is 2.25 bits per heavy atom. The van der Waals surface area contributed by atoms with Gasteiger partial charge >= 0.3 is 0 Å². The van der Waals surface area contributed by atoms with Crippen molar-refractivity contribution in [1.82, 2.24) is 5.43 Å². The fraction of sp³-hybridized carbons (Fsp3) is 0.455. The molecule has 2 rings (SSSR count). The van der Waals surface area contributed by atoms with Crippen LogP contribution in [0, 0.1) is 5.92 Å². The molecule has 16 heavy (non-hydrogen) atoms. The number of ether oxygens (including phenoxy) is 1. The molecule has 0 radical (unpaired) electrons. The van der Waals surface area contributed by atoms with Crippen molar-refractivity contribution in [1.29, 1.82) is 0 Å². The van der Waals surface area contributed by atoms with E-state index in [9.17, 15) is 0 Å². The molecule has 1 saturated heterocycles. The van der Waals surface area contributed by atoms with E-state index in [0.717, 1.165) is 28.6 Å². The van der Waals surface area contributed by atoms with Gasteiger partial charge in [0.25, 0.3) is 0 Å². The van der Waals surface area contributed by atoms with E-state index in [-0.39, 0.29) is 6.04 Å². The smallest absolute Gasteiger partial charge is 0.0522 e. The van der Waals surface area contributed by atoms with Crippen molar-refractivity contribution >= 4 is 31.9 Å². The first-order chi connectivity index (χ1) is 7.72. The van der Waals surface area contributed by atoms with Gasteiger partial charge in [-0.05, 0) is 30.2 Å². The first-order valence-electron chi connectivity index (χ1n) is 5.21. The summed E-state index contributed by atoms with van der Waals surface area (Å²) in [5.74, 6) is 6.10. The summed E-state index contributed by atoms with van der Waals surface area (Å²) < 4.78 is 7.54. The zero-order valence-electron chi connectivity index (χ0n) is 8.75. The van der Waals surface area contributed by atoms with Crippen LogP contribution in [0.2, 0.25) is 0 Å². The number of nitrogens with one attached hydrogen (secondary N) is 1. The van der Waals surface area contributed by atoms with E-state index in [4.69, 9.17) is 10.6 Å². The predicted molar refractivity (Wildman–Crippen MR) is 70.8 cm³/mol. The molecule has 0 aliphatic carbocycles. The highest BCUT2D eigenvalue weighted by molar-refractivity contribution is 9.11. The standard InChI is InChI=1S/C11H14Br2N2O/c12-8-1-2-10(13)9(5-8)11(15-14)7-3-4-16-6-7/h1-2,5,7,11,15H,3-4,6,14H2. The number of nitrogens with two attached hydrogens (primary N) is 1. The van der Waals surface area contributed by atoms with E-state index in [0.29, 0.717) is 5.92 Å². The van der Waals surface area contributed by atoms with Crippen molar-refractivity contribution < 1.29 is 4.74 Å². The Hall–Kier alpha value is 0.0600. The monoisotopic (exact) mass is 348 g/mol. The summed E-state index contributed by atoms with van der Waals surface area (Å²) in [5, 5.41) is 0. The van der Waals surface area contributed by atoms with Crippen LogP contribution in [-0.2, 0) is 4.74 Å². The molecule has 1 fully saturated rings. The molecule has 3 N–H and O–H groups in total. The summed E-state index contributed by atoms with van der Waals surface area (Å²) in [4.78, 5) is 0. The summed E-state index contributed by atoms with van der Waals surface area (Å²) in [7, 11) is 0. The Morgan fingerprint density at radius 3 is 2.88 bits per heavy atom. The van der Waals surface area contributed by atoms with Gasteiger partial charge in [0.1, 0.15) is 0 Å². The number of rotatable bonds is 3. The van der Waals surface area contributed by atoms with Gasteiger partial charge in [-0.25, -0.2) is 0 Å². The summed E-state index contributed by atoms with van der Waals surface area (Å²) in [5.41, 5.74) is 4.07. The van der Waals surface area contributed by atoms with Crippen molar-refractivity contribution in [2.24, 2.45) is 11.8 Å². The van der Waals surface area contributed by atoms with Crippen molar-refractivity contribution in [3.05, 3.63) is 32.7 Å². The summed E-state index contributed by atoms with van der Waals surface area (Å²) in [6.07, 6.45) is 1.05. The quantitative estimate of drug-likeness (QED) is 0.651. The van der Waals surface area contributed by atoms with E-state index in [2.05, 4.69) is 43.4 Å². The van der Waals surface area contributed by atoms with Crippen molar-refractivity contribution in [2.75, 3.05) is 13.2 Å². The van der Waals surface area contributed by atoms with Gasteiger partial charge in [0, 0.05) is 21.5 Å². The molecule has 1 aliphatic rings. The molecule has 2 unspecified atom stereocenters. The fourth-order valence-electron chi connectivity index (χ4n) is 2.05. The first kappa shape index (κ1) is 12.5. The van der Waals surface area contributed by atoms with Crippen molar-refractivity contribution in [3.63, 3.8) is 0 Å². The van der Waals surface area contributed by atoms with Crippen LogP contribution in [0.25, 0.3) is 0 Å². The maximum Gasteiger partial charge on any atom is 0.0522 e. The van der Waals surface area contributed by atoms with E-state index in [1.807, 2.05) is 12.1 Å². The molecule has 1 aromatic rings. The van der Waals surface area contributed by atoms with Crippen molar-refractivity contribution in [3.8, 4) is 0 Å². The third-order valence-electron chi connectivity index (χ3n) is 2.91. The summed E-state index contributed by atoms with van der Waals surface area (Å²) in [6, 6.07) is 6.26. The van der Waals surface area contributed by atoms with E-state index in [1.54, 1.807) is 0 Å². The molecule has 2 atom stereocenters. The van der Waals surface area contributed by atoms with Gasteiger partial charge in [-0.2, -0.15) is 0 Å². The molecule has 1 aromatic carbocycles. The van der Waals surface area contributed by atoms with Gasteiger partial charge in [0.15, 0.2) is 0 Å². The molecule has 3 nitrogen and oxygen atoms in total. The predicted octanol–water partition coefficient (Wildman–Crippen LogP) is 2.75. The molecular formula is C11H14Br2N2O. The molecule has 0 aromatic heterocycles. The second-order valence-corrected chi connectivity index (χ2v) is 5.70. The zero-order chi connectivity index (χ0) is 11.5. The molecule has 5 heteroatoms. The SMILES string of the molecule is NNC(c1cc(Br)ccc1Br)C1CCOC1. The van der Waals surface area contributed by atoms with Gasteiger partial charge in [-0.1, -0.05) is 31.9 Å². The largest absolute Gasteiger partial charge is 0.381 e. The zero-order valence-corrected chi connectivity index (χ0v) is 11.9. The van der Waals surface area contributed by atoms with Gasteiger partial charge in [-0.3, -0.25) is 11.3 Å². The van der Waals surface area contributed by atoms with Gasteiger partial charge < -0.3 is 4.74 Å². The highest BCUT2D eigenvalue weighted by atomic mass is 79.9.